The van der Waals surface area contributed by atoms with Gasteiger partial charge in [0, 0.05) is 0 Å². The van der Waals surface area contributed by atoms with Gasteiger partial charge in [-0.3, -0.25) is 9.05 Å². The van der Waals surface area contributed by atoms with Crippen LogP contribution in [0.2, 0.25) is 0 Å². The van der Waals surface area contributed by atoms with Gasteiger partial charge in [-0.2, -0.15) is 8.62 Å². The third-order valence-corrected chi connectivity index (χ3v) is 7.35. The van der Waals surface area contributed by atoms with E-state index in [0.29, 0.717) is 0 Å². The van der Waals surface area contributed by atoms with Crippen LogP contribution in [0.5, 0.6) is 0 Å². The Morgan fingerprint density at radius 1 is 0.500 bits per heavy atom. The molecule has 1 aliphatic rings. The quantitative estimate of drug-likeness (QED) is 0.145. The molecule has 28 heavy (non-hydrogen) atoms. The summed E-state index contributed by atoms with van der Waals surface area (Å²) >= 11 is 0. The minimum Gasteiger partial charge on any atom is -0.387 e. The molecule has 6 unspecified atom stereocenters. The normalized spacial score (nSPS) is 36.5. The second-order valence-electron chi connectivity index (χ2n) is 5.18. The third kappa shape index (κ3) is 7.89. The molecule has 0 bridgehead atoms. The number of phosphoric ester groups is 2. The minimum absolute atomic E-state index is 2.45. The summed E-state index contributed by atoms with van der Waals surface area (Å²) < 4.78 is 59.2. The number of rotatable bonds is 8. The molecule has 1 aliphatic carbocycles. The molecule has 0 spiro atoms. The summed E-state index contributed by atoms with van der Waals surface area (Å²) in [6.45, 7) is 0. The summed E-state index contributed by atoms with van der Waals surface area (Å²) in [5, 5.41) is 39.3. The van der Waals surface area contributed by atoms with Crippen LogP contribution in [0, 0.1) is 0 Å². The van der Waals surface area contributed by atoms with Gasteiger partial charge in [-0.15, -0.1) is 0 Å². The van der Waals surface area contributed by atoms with E-state index < -0.39 is 67.9 Å². The van der Waals surface area contributed by atoms with Gasteiger partial charge < -0.3 is 49.8 Å². The maximum absolute atomic E-state index is 11.5. The predicted octanol–water partition coefficient (Wildman–Crippen LogP) is -3.37. The van der Waals surface area contributed by atoms with Crippen molar-refractivity contribution in [1.82, 2.24) is 0 Å². The molecule has 0 amide bonds. The molecule has 1 fully saturated rings. The summed E-state index contributed by atoms with van der Waals surface area (Å²) in [5.41, 5.74) is 0. The van der Waals surface area contributed by atoms with Gasteiger partial charge in [-0.25, -0.2) is 18.3 Å². The van der Waals surface area contributed by atoms with Crippen LogP contribution in [0.4, 0.5) is 0 Å². The van der Waals surface area contributed by atoms with E-state index in [1.165, 1.54) is 0 Å². The van der Waals surface area contributed by atoms with Crippen molar-refractivity contribution in [3.05, 3.63) is 0 Å². The Balaban J connectivity index is 3.02. The molecule has 1 saturated carbocycles. The smallest absolute Gasteiger partial charge is 0.387 e. The summed E-state index contributed by atoms with van der Waals surface area (Å²) in [5.74, 6) is 0. The molecule has 6 atom stereocenters. The average Bonchev–Trinajstić information content (AvgIpc) is 2.41. The van der Waals surface area contributed by atoms with Crippen LogP contribution in [0.25, 0.3) is 0 Å². The first-order chi connectivity index (χ1) is 12.2. The van der Waals surface area contributed by atoms with Gasteiger partial charge in [0.2, 0.25) is 0 Å². The number of phosphoric acid groups is 4. The second-order valence-corrected chi connectivity index (χ2v) is 10.7. The molecule has 1 rings (SSSR count). The lowest BCUT2D eigenvalue weighted by Gasteiger charge is -2.43. The van der Waals surface area contributed by atoms with Crippen molar-refractivity contribution < 1.29 is 85.7 Å². The Morgan fingerprint density at radius 3 is 0.893 bits per heavy atom. The molecular weight excluding hydrogens is 484 g/mol. The molecule has 0 saturated heterocycles. The van der Waals surface area contributed by atoms with Gasteiger partial charge >= 0.3 is 31.3 Å². The Labute approximate surface area is 154 Å². The van der Waals surface area contributed by atoms with Crippen LogP contribution in [0.3, 0.4) is 0 Å². The Bertz CT molecular complexity index is 660. The molecule has 0 aromatic rings. The Morgan fingerprint density at radius 2 is 0.714 bits per heavy atom. The molecule has 0 heterocycles. The zero-order valence-corrected chi connectivity index (χ0v) is 16.6. The van der Waals surface area contributed by atoms with Gasteiger partial charge in [0.25, 0.3) is 0 Å². The summed E-state index contributed by atoms with van der Waals surface area (Å²) in [4.78, 5) is 52.3. The molecule has 10 N–H and O–H groups in total. The van der Waals surface area contributed by atoms with Crippen molar-refractivity contribution in [1.29, 1.82) is 0 Å². The molecule has 22 heteroatoms. The van der Waals surface area contributed by atoms with E-state index in [1.807, 2.05) is 0 Å². The highest BCUT2D eigenvalue weighted by Crippen LogP contribution is 2.60. The molecule has 0 radical (unpaired) electrons. The van der Waals surface area contributed by atoms with E-state index in [0.717, 1.165) is 0 Å². The molecular formula is C6H16O18P4. The largest absolute Gasteiger partial charge is 0.481 e. The topological polar surface area (TPSA) is 308 Å². The van der Waals surface area contributed by atoms with Crippen molar-refractivity contribution in [2.75, 3.05) is 0 Å². The Kier molecular flexibility index (Phi) is 8.34. The Hall–Kier alpha value is 0.360. The first-order valence-electron chi connectivity index (χ1n) is 6.53. The van der Waals surface area contributed by atoms with E-state index in [9.17, 15) is 48.5 Å². The highest BCUT2D eigenvalue weighted by Gasteiger charge is 2.55. The maximum Gasteiger partial charge on any atom is 0.481 e. The van der Waals surface area contributed by atoms with E-state index in [2.05, 4.69) is 17.7 Å². The van der Waals surface area contributed by atoms with Crippen LogP contribution < -0.4 is 0 Å². The number of hydrogen-bond acceptors (Lipinski definition) is 12. The predicted molar refractivity (Wildman–Crippen MR) is 79.7 cm³/mol. The van der Waals surface area contributed by atoms with Crippen LogP contribution in [0.1, 0.15) is 0 Å². The third-order valence-electron chi connectivity index (χ3n) is 2.98. The van der Waals surface area contributed by atoms with E-state index in [-0.39, 0.29) is 0 Å². The number of hydrogen-bond donors (Lipinski definition) is 10. The lowest BCUT2D eigenvalue weighted by Crippen LogP contribution is -2.64. The van der Waals surface area contributed by atoms with Crippen LogP contribution in [-0.4, -0.2) is 86.4 Å². The van der Waals surface area contributed by atoms with Gasteiger partial charge in [-0.1, -0.05) is 0 Å². The highest BCUT2D eigenvalue weighted by atomic mass is 31.3. The van der Waals surface area contributed by atoms with E-state index in [1.54, 1.807) is 0 Å². The van der Waals surface area contributed by atoms with E-state index in [4.69, 9.17) is 19.6 Å². The second kappa shape index (κ2) is 8.85. The van der Waals surface area contributed by atoms with Gasteiger partial charge in [0.1, 0.15) is 36.6 Å². The summed E-state index contributed by atoms with van der Waals surface area (Å²) in [7, 11) is -22.5. The molecule has 0 aliphatic heterocycles. The monoisotopic (exact) mass is 500 g/mol. The average molecular weight is 500 g/mol. The minimum atomic E-state index is -5.68. The standard InChI is InChI=1S/C6H16O18P4/c7-1-2(8)6(22-28(19,20)24-26(14,15)16)4(10)3(9)5(1)21-27(17,18)23-25(11,12)13/h1-10H,(H,17,18)(H,19,20)(H2,11,12,13)(H2,14,15,16). The number of aliphatic hydroxyl groups excluding tert-OH is 4. The zero-order valence-electron chi connectivity index (χ0n) is 13.0. The van der Waals surface area contributed by atoms with Gasteiger partial charge in [0.15, 0.2) is 0 Å². The van der Waals surface area contributed by atoms with Gasteiger partial charge in [0.05, 0.1) is 0 Å². The highest BCUT2D eigenvalue weighted by molar-refractivity contribution is 7.61. The van der Waals surface area contributed by atoms with E-state index >= 15 is 0 Å². The van der Waals surface area contributed by atoms with Crippen LogP contribution in [0.15, 0.2) is 0 Å². The summed E-state index contributed by atoms with van der Waals surface area (Å²) in [6, 6.07) is 0. The maximum atomic E-state index is 11.5. The molecule has 0 aromatic carbocycles. The fourth-order valence-electron chi connectivity index (χ4n) is 2.05. The van der Waals surface area contributed by atoms with Crippen LogP contribution in [-0.2, 0) is 35.9 Å². The summed E-state index contributed by atoms with van der Waals surface area (Å²) in [6.07, 6.45) is -15.0. The first-order valence-corrected chi connectivity index (χ1v) is 12.6. The van der Waals surface area contributed by atoms with Crippen molar-refractivity contribution >= 4 is 31.3 Å². The SMILES string of the molecule is O=P(O)(O)OP(=O)(O)OC1C(O)C(O)C(OP(=O)(O)OP(=O)(O)O)C(O)C1O. The van der Waals surface area contributed by atoms with Crippen molar-refractivity contribution in [3.8, 4) is 0 Å². The van der Waals surface area contributed by atoms with Crippen molar-refractivity contribution in [3.63, 3.8) is 0 Å². The fourth-order valence-corrected chi connectivity index (χ4v) is 5.62. The fraction of sp³-hybridized carbons (Fsp3) is 1.00. The van der Waals surface area contributed by atoms with Crippen molar-refractivity contribution in [2.24, 2.45) is 0 Å². The lowest BCUT2D eigenvalue weighted by atomic mass is 9.85. The molecule has 0 aromatic heterocycles. The number of aliphatic hydroxyl groups is 4. The first kappa shape index (κ1) is 26.4. The molecule has 168 valence electrons. The van der Waals surface area contributed by atoms with Crippen LogP contribution >= 0.6 is 31.3 Å². The lowest BCUT2D eigenvalue weighted by molar-refractivity contribution is -0.215. The zero-order chi connectivity index (χ0) is 22.3. The molecule has 18 nitrogen and oxygen atoms in total. The van der Waals surface area contributed by atoms with Gasteiger partial charge in [-0.05, 0) is 0 Å². The van der Waals surface area contributed by atoms with Crippen molar-refractivity contribution in [2.45, 2.75) is 36.6 Å².